The molecule has 3 rings (SSSR count). The third kappa shape index (κ3) is 3.52. The molecule has 0 saturated heterocycles. The van der Waals surface area contributed by atoms with Gasteiger partial charge < -0.3 is 0 Å². The number of fused-ring (bicyclic) bond motifs is 1. The Kier molecular flexibility index (Phi) is 4.69. The van der Waals surface area contributed by atoms with Crippen LogP contribution in [-0.2, 0) is 19.4 Å². The van der Waals surface area contributed by atoms with Gasteiger partial charge in [-0.1, -0.05) is 55.5 Å². The van der Waals surface area contributed by atoms with Gasteiger partial charge in [0, 0.05) is 12.6 Å². The summed E-state index contributed by atoms with van der Waals surface area (Å²) in [6, 6.07) is 18.1. The van der Waals surface area contributed by atoms with E-state index in [4.69, 9.17) is 0 Å². The van der Waals surface area contributed by atoms with Gasteiger partial charge in [-0.15, -0.1) is 0 Å². The number of benzene rings is 2. The number of hydrogen-bond donors (Lipinski definition) is 2. The van der Waals surface area contributed by atoms with Crippen molar-refractivity contribution in [3.63, 3.8) is 0 Å². The fraction of sp³-hybridized carbons (Fsp3) is 0.368. The molecule has 0 amide bonds. The molecule has 0 spiro atoms. The van der Waals surface area contributed by atoms with E-state index in [0.29, 0.717) is 6.04 Å². The summed E-state index contributed by atoms with van der Waals surface area (Å²) < 4.78 is 0. The Hall–Kier alpha value is -1.64. The molecule has 2 aromatic rings. The normalized spacial score (nSPS) is 17.5. The minimum absolute atomic E-state index is 0.435. The molecule has 1 unspecified atom stereocenters. The summed E-state index contributed by atoms with van der Waals surface area (Å²) in [5.41, 5.74) is 12.6. The molecule has 21 heavy (non-hydrogen) atoms. The topological polar surface area (TPSA) is 24.1 Å². The van der Waals surface area contributed by atoms with Crippen LogP contribution >= 0.6 is 0 Å². The van der Waals surface area contributed by atoms with Crippen molar-refractivity contribution in [3.8, 4) is 0 Å². The zero-order chi connectivity index (χ0) is 14.5. The van der Waals surface area contributed by atoms with E-state index in [1.54, 1.807) is 0 Å². The van der Waals surface area contributed by atoms with Crippen molar-refractivity contribution >= 4 is 0 Å². The van der Waals surface area contributed by atoms with Crippen molar-refractivity contribution in [2.45, 2.75) is 45.2 Å². The molecule has 0 bridgehead atoms. The van der Waals surface area contributed by atoms with Gasteiger partial charge in [0.15, 0.2) is 0 Å². The van der Waals surface area contributed by atoms with Gasteiger partial charge in [-0.25, -0.2) is 0 Å². The Labute approximate surface area is 127 Å². The molecule has 110 valence electrons. The summed E-state index contributed by atoms with van der Waals surface area (Å²) in [5, 5.41) is 0. The zero-order valence-corrected chi connectivity index (χ0v) is 12.7. The Morgan fingerprint density at radius 3 is 2.57 bits per heavy atom. The van der Waals surface area contributed by atoms with Gasteiger partial charge >= 0.3 is 0 Å². The molecule has 1 aliphatic carbocycles. The smallest absolute Gasteiger partial charge is 0.0465 e. The van der Waals surface area contributed by atoms with E-state index in [-0.39, 0.29) is 0 Å². The van der Waals surface area contributed by atoms with Gasteiger partial charge in [-0.2, -0.15) is 0 Å². The maximum absolute atomic E-state index is 3.50. The summed E-state index contributed by atoms with van der Waals surface area (Å²) in [4.78, 5) is 0. The standard InChI is InChI=1S/C19H24N2/c1-2-15-10-12-16(13-11-15)14-20-21-19-9-5-7-17-6-3-4-8-18(17)19/h3-4,6,8,10-13,19-21H,2,5,7,9,14H2,1H3. The first-order chi connectivity index (χ1) is 10.4. The molecular weight excluding hydrogens is 256 g/mol. The number of hydrazine groups is 1. The second-order valence-corrected chi connectivity index (χ2v) is 5.81. The van der Waals surface area contributed by atoms with E-state index in [1.165, 1.54) is 41.5 Å². The van der Waals surface area contributed by atoms with Gasteiger partial charge in [0.05, 0.1) is 0 Å². The van der Waals surface area contributed by atoms with Crippen molar-refractivity contribution in [1.82, 2.24) is 10.9 Å². The second kappa shape index (κ2) is 6.88. The van der Waals surface area contributed by atoms with Crippen molar-refractivity contribution in [2.24, 2.45) is 0 Å². The van der Waals surface area contributed by atoms with Crippen LogP contribution in [0, 0.1) is 0 Å². The lowest BCUT2D eigenvalue weighted by molar-refractivity contribution is 0.393. The Bertz CT molecular complexity index is 574. The van der Waals surface area contributed by atoms with Crippen LogP contribution in [0.3, 0.4) is 0 Å². The third-order valence-electron chi connectivity index (χ3n) is 4.37. The maximum Gasteiger partial charge on any atom is 0.0465 e. The first kappa shape index (κ1) is 14.3. The van der Waals surface area contributed by atoms with Crippen molar-refractivity contribution in [2.75, 3.05) is 0 Å². The number of rotatable bonds is 5. The highest BCUT2D eigenvalue weighted by Crippen LogP contribution is 2.28. The summed E-state index contributed by atoms with van der Waals surface area (Å²) in [6.07, 6.45) is 4.79. The predicted octanol–water partition coefficient (Wildman–Crippen LogP) is 3.92. The molecule has 1 aliphatic rings. The molecule has 0 heterocycles. The first-order valence-corrected chi connectivity index (χ1v) is 8.01. The van der Waals surface area contributed by atoms with E-state index < -0.39 is 0 Å². The number of nitrogens with one attached hydrogen (secondary N) is 2. The van der Waals surface area contributed by atoms with Gasteiger partial charge in [0.25, 0.3) is 0 Å². The van der Waals surface area contributed by atoms with Crippen LogP contribution in [0.5, 0.6) is 0 Å². The SMILES string of the molecule is CCc1ccc(CNNC2CCCc3ccccc32)cc1. The second-order valence-electron chi connectivity index (χ2n) is 5.81. The molecule has 0 radical (unpaired) electrons. The highest BCUT2D eigenvalue weighted by molar-refractivity contribution is 5.32. The van der Waals surface area contributed by atoms with Crippen molar-refractivity contribution in [1.29, 1.82) is 0 Å². The average Bonchev–Trinajstić information content (AvgIpc) is 2.56. The molecule has 0 saturated carbocycles. The van der Waals surface area contributed by atoms with E-state index >= 15 is 0 Å². The molecule has 0 aliphatic heterocycles. The average molecular weight is 280 g/mol. The first-order valence-electron chi connectivity index (χ1n) is 8.01. The molecule has 0 fully saturated rings. The van der Waals surface area contributed by atoms with Crippen LogP contribution in [0.25, 0.3) is 0 Å². The highest BCUT2D eigenvalue weighted by atomic mass is 15.4. The van der Waals surface area contributed by atoms with E-state index in [2.05, 4.69) is 66.3 Å². The van der Waals surface area contributed by atoms with Crippen LogP contribution in [0.15, 0.2) is 48.5 Å². The minimum atomic E-state index is 0.435. The maximum atomic E-state index is 3.50. The molecule has 2 nitrogen and oxygen atoms in total. The summed E-state index contributed by atoms with van der Waals surface area (Å²) in [6.45, 7) is 3.05. The van der Waals surface area contributed by atoms with Gasteiger partial charge in [-0.05, 0) is 47.9 Å². The van der Waals surface area contributed by atoms with Crippen molar-refractivity contribution in [3.05, 3.63) is 70.8 Å². The quantitative estimate of drug-likeness (QED) is 0.811. The van der Waals surface area contributed by atoms with Crippen LogP contribution in [-0.4, -0.2) is 0 Å². The van der Waals surface area contributed by atoms with Gasteiger partial charge in [0.2, 0.25) is 0 Å². The number of aryl methyl sites for hydroxylation is 2. The van der Waals surface area contributed by atoms with E-state index in [0.717, 1.165) is 13.0 Å². The largest absolute Gasteiger partial charge is 0.253 e. The molecule has 2 aromatic carbocycles. The van der Waals surface area contributed by atoms with Crippen LogP contribution in [0.4, 0.5) is 0 Å². The predicted molar refractivity (Wildman–Crippen MR) is 87.9 cm³/mol. The highest BCUT2D eigenvalue weighted by Gasteiger charge is 2.18. The summed E-state index contributed by atoms with van der Waals surface area (Å²) >= 11 is 0. The summed E-state index contributed by atoms with van der Waals surface area (Å²) in [7, 11) is 0. The Morgan fingerprint density at radius 1 is 1.00 bits per heavy atom. The van der Waals surface area contributed by atoms with Crippen molar-refractivity contribution < 1.29 is 0 Å². The zero-order valence-electron chi connectivity index (χ0n) is 12.7. The Morgan fingerprint density at radius 2 is 1.76 bits per heavy atom. The van der Waals surface area contributed by atoms with Crippen LogP contribution < -0.4 is 10.9 Å². The minimum Gasteiger partial charge on any atom is -0.253 e. The molecule has 0 aromatic heterocycles. The van der Waals surface area contributed by atoms with Gasteiger partial charge in [0.1, 0.15) is 0 Å². The lowest BCUT2D eigenvalue weighted by atomic mass is 9.88. The lowest BCUT2D eigenvalue weighted by Crippen LogP contribution is -2.36. The lowest BCUT2D eigenvalue weighted by Gasteiger charge is -2.26. The molecule has 2 N–H and O–H groups in total. The molecule has 2 heteroatoms. The third-order valence-corrected chi connectivity index (χ3v) is 4.37. The fourth-order valence-corrected chi connectivity index (χ4v) is 3.07. The molecule has 1 atom stereocenters. The van der Waals surface area contributed by atoms with E-state index in [9.17, 15) is 0 Å². The fourth-order valence-electron chi connectivity index (χ4n) is 3.07. The van der Waals surface area contributed by atoms with Crippen LogP contribution in [0.2, 0.25) is 0 Å². The number of hydrogen-bond acceptors (Lipinski definition) is 2. The van der Waals surface area contributed by atoms with Gasteiger partial charge in [-0.3, -0.25) is 10.9 Å². The summed E-state index contributed by atoms with van der Waals surface area (Å²) in [5.74, 6) is 0. The van der Waals surface area contributed by atoms with E-state index in [1.807, 2.05) is 0 Å². The molecular formula is C19H24N2. The van der Waals surface area contributed by atoms with Crippen LogP contribution in [0.1, 0.15) is 48.1 Å². The monoisotopic (exact) mass is 280 g/mol. The Balaban J connectivity index is 1.56.